The molecule has 20 heavy (non-hydrogen) atoms. The van der Waals surface area contributed by atoms with Crippen LogP contribution >= 0.6 is 11.3 Å². The molecular formula is C14H14N4OS. The summed E-state index contributed by atoms with van der Waals surface area (Å²) >= 11 is 1.54. The predicted molar refractivity (Wildman–Crippen MR) is 81.8 cm³/mol. The van der Waals surface area contributed by atoms with E-state index < -0.39 is 0 Å². The third-order valence-corrected chi connectivity index (χ3v) is 4.49. The lowest BCUT2D eigenvalue weighted by molar-refractivity contribution is 0.814. The van der Waals surface area contributed by atoms with Crippen molar-refractivity contribution in [2.45, 2.75) is 13.8 Å². The summed E-state index contributed by atoms with van der Waals surface area (Å²) in [5, 5.41) is 4.88. The summed E-state index contributed by atoms with van der Waals surface area (Å²) in [7, 11) is 1.93. The van der Waals surface area contributed by atoms with Crippen molar-refractivity contribution in [2.24, 2.45) is 12.1 Å². The molecule has 0 aliphatic rings. The van der Waals surface area contributed by atoms with E-state index in [9.17, 15) is 4.79 Å². The van der Waals surface area contributed by atoms with Crippen molar-refractivity contribution in [3.8, 4) is 0 Å². The first-order chi connectivity index (χ1) is 9.58. The molecule has 0 spiro atoms. The highest BCUT2D eigenvalue weighted by molar-refractivity contribution is 7.18. The molecule has 6 heteroatoms. The van der Waals surface area contributed by atoms with Gasteiger partial charge in [-0.05, 0) is 31.5 Å². The van der Waals surface area contributed by atoms with Crippen molar-refractivity contribution in [3.05, 3.63) is 51.1 Å². The molecule has 0 atom stereocenters. The second-order valence-electron chi connectivity index (χ2n) is 4.65. The van der Waals surface area contributed by atoms with Crippen LogP contribution in [0.2, 0.25) is 0 Å². The number of hydrogen-bond acceptors (Lipinski definition) is 4. The molecule has 0 N–H and O–H groups in total. The quantitative estimate of drug-likeness (QED) is 0.679. The average molecular weight is 286 g/mol. The Bertz CT molecular complexity index is 869. The lowest BCUT2D eigenvalue weighted by Crippen LogP contribution is -2.17. The van der Waals surface area contributed by atoms with E-state index in [2.05, 4.69) is 10.1 Å². The Morgan fingerprint density at radius 1 is 1.40 bits per heavy atom. The number of aryl methyl sites for hydroxylation is 3. The van der Waals surface area contributed by atoms with E-state index >= 15 is 0 Å². The fourth-order valence-corrected chi connectivity index (χ4v) is 3.03. The number of rotatable bonds is 2. The van der Waals surface area contributed by atoms with Crippen LogP contribution in [0.3, 0.4) is 0 Å². The molecule has 0 bridgehead atoms. The van der Waals surface area contributed by atoms with Gasteiger partial charge in [0.05, 0.1) is 17.3 Å². The molecule has 0 fully saturated rings. The van der Waals surface area contributed by atoms with Crippen molar-refractivity contribution in [1.82, 2.24) is 14.2 Å². The second kappa shape index (κ2) is 4.72. The van der Waals surface area contributed by atoms with Gasteiger partial charge in [-0.3, -0.25) is 4.79 Å². The summed E-state index contributed by atoms with van der Waals surface area (Å²) in [5.41, 5.74) is 1.79. The van der Waals surface area contributed by atoms with E-state index in [1.807, 2.05) is 43.8 Å². The Morgan fingerprint density at radius 3 is 2.90 bits per heavy atom. The van der Waals surface area contributed by atoms with Crippen molar-refractivity contribution >= 4 is 27.8 Å². The van der Waals surface area contributed by atoms with Crippen molar-refractivity contribution in [1.29, 1.82) is 0 Å². The molecule has 0 saturated heterocycles. The third kappa shape index (κ3) is 1.98. The zero-order valence-electron chi connectivity index (χ0n) is 11.5. The number of thiophene rings is 1. The predicted octanol–water partition coefficient (Wildman–Crippen LogP) is 2.30. The van der Waals surface area contributed by atoms with Crippen molar-refractivity contribution in [2.75, 3.05) is 0 Å². The minimum Gasteiger partial charge on any atom is -0.350 e. The van der Waals surface area contributed by atoms with E-state index in [-0.39, 0.29) is 5.56 Å². The fourth-order valence-electron chi connectivity index (χ4n) is 2.04. The lowest BCUT2D eigenvalue weighted by Gasteiger charge is -1.99. The van der Waals surface area contributed by atoms with E-state index in [0.717, 1.165) is 21.0 Å². The van der Waals surface area contributed by atoms with Gasteiger partial charge >= 0.3 is 0 Å². The van der Waals surface area contributed by atoms with E-state index in [0.29, 0.717) is 5.39 Å². The van der Waals surface area contributed by atoms with Crippen LogP contribution in [0.1, 0.15) is 16.1 Å². The molecule has 3 aromatic heterocycles. The van der Waals surface area contributed by atoms with Gasteiger partial charge in [0, 0.05) is 18.1 Å². The zero-order chi connectivity index (χ0) is 14.3. The van der Waals surface area contributed by atoms with Gasteiger partial charge in [-0.15, -0.1) is 11.3 Å². The topological polar surface area (TPSA) is 52.2 Å². The maximum atomic E-state index is 12.4. The van der Waals surface area contributed by atoms with E-state index in [4.69, 9.17) is 0 Å². The highest BCUT2D eigenvalue weighted by Gasteiger charge is 2.11. The molecule has 0 saturated carbocycles. The Morgan fingerprint density at radius 2 is 2.20 bits per heavy atom. The smallest absolute Gasteiger partial charge is 0.282 e. The lowest BCUT2D eigenvalue weighted by atomic mass is 10.2. The van der Waals surface area contributed by atoms with Gasteiger partial charge in [0.2, 0.25) is 0 Å². The molecule has 5 nitrogen and oxygen atoms in total. The van der Waals surface area contributed by atoms with Gasteiger partial charge in [0.1, 0.15) is 11.2 Å². The first-order valence-electron chi connectivity index (χ1n) is 6.21. The summed E-state index contributed by atoms with van der Waals surface area (Å²) in [6.45, 7) is 3.95. The molecule has 0 aliphatic heterocycles. The largest absolute Gasteiger partial charge is 0.350 e. The summed E-state index contributed by atoms with van der Waals surface area (Å²) in [5.74, 6) is 0. The summed E-state index contributed by atoms with van der Waals surface area (Å²) < 4.78 is 3.22. The highest BCUT2D eigenvalue weighted by atomic mass is 32.1. The first kappa shape index (κ1) is 12.8. The molecule has 3 heterocycles. The van der Waals surface area contributed by atoms with Crippen LogP contribution < -0.4 is 5.56 Å². The maximum absolute atomic E-state index is 12.4. The summed E-state index contributed by atoms with van der Waals surface area (Å²) in [6, 6.07) is 3.86. The van der Waals surface area contributed by atoms with Gasteiger partial charge in [0.25, 0.3) is 5.56 Å². The maximum Gasteiger partial charge on any atom is 0.282 e. The van der Waals surface area contributed by atoms with Crippen LogP contribution in [-0.4, -0.2) is 20.4 Å². The van der Waals surface area contributed by atoms with Crippen LogP contribution in [0.5, 0.6) is 0 Å². The van der Waals surface area contributed by atoms with Crippen LogP contribution in [0.4, 0.5) is 0 Å². The fraction of sp³-hybridized carbons (Fsp3) is 0.214. The highest BCUT2D eigenvalue weighted by Crippen LogP contribution is 2.25. The SMILES string of the molecule is Cc1sc2ncn(/N=C/c3cccn3C)c(=O)c2c1C. The summed E-state index contributed by atoms with van der Waals surface area (Å²) in [4.78, 5) is 18.6. The third-order valence-electron chi connectivity index (χ3n) is 3.37. The molecule has 0 unspecified atom stereocenters. The standard InChI is InChI=1S/C14H14N4OS/c1-9-10(2)20-13-12(9)14(19)18(8-15-13)16-7-11-5-4-6-17(11)3/h4-8H,1-3H3/b16-7+. The van der Waals surface area contributed by atoms with Crippen LogP contribution in [0, 0.1) is 13.8 Å². The van der Waals surface area contributed by atoms with Crippen LogP contribution in [-0.2, 0) is 7.05 Å². The van der Waals surface area contributed by atoms with Crippen LogP contribution in [0.15, 0.2) is 34.6 Å². The first-order valence-corrected chi connectivity index (χ1v) is 7.02. The molecule has 3 rings (SSSR count). The molecule has 0 amide bonds. The minimum absolute atomic E-state index is 0.123. The number of hydrogen-bond donors (Lipinski definition) is 0. The van der Waals surface area contributed by atoms with Crippen molar-refractivity contribution in [3.63, 3.8) is 0 Å². The second-order valence-corrected chi connectivity index (χ2v) is 5.85. The molecule has 3 aromatic rings. The Hall–Kier alpha value is -2.21. The van der Waals surface area contributed by atoms with E-state index in [1.54, 1.807) is 6.21 Å². The molecule has 0 aromatic carbocycles. The number of fused-ring (bicyclic) bond motifs is 1. The summed E-state index contributed by atoms with van der Waals surface area (Å²) in [6.07, 6.45) is 5.06. The van der Waals surface area contributed by atoms with Crippen LogP contribution in [0.25, 0.3) is 10.2 Å². The Balaban J connectivity index is 2.11. The monoisotopic (exact) mass is 286 g/mol. The Kier molecular flexibility index (Phi) is 3.02. The van der Waals surface area contributed by atoms with Gasteiger partial charge in [-0.1, -0.05) is 0 Å². The molecule has 0 aliphatic carbocycles. The Labute approximate surface area is 119 Å². The molecule has 102 valence electrons. The van der Waals surface area contributed by atoms with Gasteiger partial charge in [-0.25, -0.2) is 4.98 Å². The zero-order valence-corrected chi connectivity index (χ0v) is 12.3. The van der Waals surface area contributed by atoms with E-state index in [1.165, 1.54) is 22.3 Å². The normalized spacial score (nSPS) is 11.8. The van der Waals surface area contributed by atoms with Crippen molar-refractivity contribution < 1.29 is 0 Å². The van der Waals surface area contributed by atoms with Gasteiger partial charge in [-0.2, -0.15) is 9.78 Å². The number of nitrogens with zero attached hydrogens (tertiary/aromatic N) is 4. The average Bonchev–Trinajstić information content (AvgIpc) is 2.94. The molecular weight excluding hydrogens is 272 g/mol. The minimum atomic E-state index is -0.123. The van der Waals surface area contributed by atoms with Gasteiger partial charge < -0.3 is 4.57 Å². The number of aromatic nitrogens is 3. The molecule has 0 radical (unpaired) electrons. The van der Waals surface area contributed by atoms with Gasteiger partial charge in [0.15, 0.2) is 0 Å².